The second-order valence-electron chi connectivity index (χ2n) is 7.31. The highest BCUT2D eigenvalue weighted by molar-refractivity contribution is 7.21. The number of fused-ring (bicyclic) bond motifs is 1. The van der Waals surface area contributed by atoms with Gasteiger partial charge in [-0.2, -0.15) is 0 Å². The average Bonchev–Trinajstić information content (AvgIpc) is 3.20. The van der Waals surface area contributed by atoms with E-state index in [1.54, 1.807) is 32.7 Å². The minimum atomic E-state index is -0.157. The Balaban J connectivity index is 2.00. The van der Waals surface area contributed by atoms with E-state index in [-0.39, 0.29) is 5.91 Å². The summed E-state index contributed by atoms with van der Waals surface area (Å²) in [5.41, 5.74) is 5.36. The Labute approximate surface area is 190 Å². The Bertz CT molecular complexity index is 1290. The molecule has 0 fully saturated rings. The quantitative estimate of drug-likeness (QED) is 0.396. The molecule has 4 rings (SSSR count). The van der Waals surface area contributed by atoms with Crippen LogP contribution in [0.2, 0.25) is 0 Å². The number of aromatic nitrogens is 1. The Morgan fingerprint density at radius 3 is 2.31 bits per heavy atom. The first-order valence-corrected chi connectivity index (χ1v) is 10.8. The molecular weight excluding hydrogens is 424 g/mol. The van der Waals surface area contributed by atoms with Crippen molar-refractivity contribution in [3.8, 4) is 38.9 Å². The molecule has 1 N–H and O–H groups in total. The number of nitrogens with zero attached hydrogens (tertiary/aromatic N) is 1. The summed E-state index contributed by atoms with van der Waals surface area (Å²) in [6.07, 6.45) is 0. The van der Waals surface area contributed by atoms with E-state index < -0.39 is 0 Å². The lowest BCUT2D eigenvalue weighted by molar-refractivity contribution is -0.114. The summed E-state index contributed by atoms with van der Waals surface area (Å²) in [5.74, 6) is 1.42. The van der Waals surface area contributed by atoms with Crippen LogP contribution in [0.3, 0.4) is 0 Å². The summed E-state index contributed by atoms with van der Waals surface area (Å²) >= 11 is 1.62. The van der Waals surface area contributed by atoms with Crippen LogP contribution in [0.1, 0.15) is 12.5 Å². The van der Waals surface area contributed by atoms with Gasteiger partial charge in [0.15, 0.2) is 11.5 Å². The molecule has 0 aliphatic heterocycles. The molecule has 0 unspecified atom stereocenters. The van der Waals surface area contributed by atoms with E-state index in [1.165, 1.54) is 12.5 Å². The first-order valence-electron chi connectivity index (χ1n) is 10.0. The fourth-order valence-corrected chi connectivity index (χ4v) is 4.80. The van der Waals surface area contributed by atoms with Crippen LogP contribution in [0.5, 0.6) is 17.2 Å². The minimum absolute atomic E-state index is 0.157. The largest absolute Gasteiger partial charge is 0.493 e. The number of amides is 1. The molecule has 0 aliphatic rings. The highest BCUT2D eigenvalue weighted by Crippen LogP contribution is 2.46. The van der Waals surface area contributed by atoms with Crippen molar-refractivity contribution < 1.29 is 19.0 Å². The van der Waals surface area contributed by atoms with Gasteiger partial charge in [-0.3, -0.25) is 4.79 Å². The first kappa shape index (κ1) is 21.6. The van der Waals surface area contributed by atoms with Crippen molar-refractivity contribution in [2.75, 3.05) is 26.6 Å². The molecule has 164 valence electrons. The van der Waals surface area contributed by atoms with Crippen molar-refractivity contribution in [3.63, 3.8) is 0 Å². The van der Waals surface area contributed by atoms with Gasteiger partial charge in [0.05, 0.1) is 31.5 Å². The van der Waals surface area contributed by atoms with Gasteiger partial charge in [-0.15, -0.1) is 11.3 Å². The summed E-state index contributed by atoms with van der Waals surface area (Å²) in [6.45, 7) is 3.56. The zero-order valence-electron chi connectivity index (χ0n) is 18.6. The maximum absolute atomic E-state index is 12.0. The summed E-state index contributed by atoms with van der Waals surface area (Å²) in [5, 5.41) is 3.82. The maximum atomic E-state index is 12.0. The van der Waals surface area contributed by atoms with Gasteiger partial charge in [0, 0.05) is 23.7 Å². The van der Waals surface area contributed by atoms with Crippen LogP contribution >= 0.6 is 11.3 Å². The predicted molar refractivity (Wildman–Crippen MR) is 129 cm³/mol. The van der Waals surface area contributed by atoms with Crippen LogP contribution in [-0.2, 0) is 4.79 Å². The molecule has 0 bridgehead atoms. The van der Waals surface area contributed by atoms with E-state index in [4.69, 9.17) is 19.2 Å². The fourth-order valence-electron chi connectivity index (χ4n) is 3.71. The third kappa shape index (κ3) is 3.99. The van der Waals surface area contributed by atoms with Crippen molar-refractivity contribution in [1.82, 2.24) is 4.98 Å². The van der Waals surface area contributed by atoms with Gasteiger partial charge >= 0.3 is 0 Å². The molecule has 4 aromatic rings. The standard InChI is InChI=1S/C25H24N2O4S/c1-14-9-10-18-22(11-14)32-25(27-18)17-7-6-8-19(26-15(2)28)23(17)16-12-20(29-3)24(31-5)21(13-16)30-4/h6-13H,1-5H3,(H,26,28). The fraction of sp³-hybridized carbons (Fsp3) is 0.200. The number of hydrogen-bond acceptors (Lipinski definition) is 6. The zero-order valence-corrected chi connectivity index (χ0v) is 19.4. The highest BCUT2D eigenvalue weighted by Gasteiger charge is 2.21. The molecule has 6 nitrogen and oxygen atoms in total. The predicted octanol–water partition coefficient (Wildman–Crippen LogP) is 5.92. The smallest absolute Gasteiger partial charge is 0.221 e. The molecular formula is C25H24N2O4S. The normalized spacial score (nSPS) is 10.8. The number of ether oxygens (including phenoxy) is 3. The first-order chi connectivity index (χ1) is 15.4. The number of benzene rings is 3. The number of carbonyl (C=O) groups excluding carboxylic acids is 1. The van der Waals surface area contributed by atoms with Crippen molar-refractivity contribution in [2.45, 2.75) is 13.8 Å². The number of rotatable bonds is 6. The average molecular weight is 449 g/mol. The summed E-state index contributed by atoms with van der Waals surface area (Å²) < 4.78 is 17.7. The Kier molecular flexibility index (Phi) is 6.01. The molecule has 0 atom stereocenters. The van der Waals surface area contributed by atoms with Gasteiger partial charge in [-0.05, 0) is 48.4 Å². The van der Waals surface area contributed by atoms with Gasteiger partial charge in [0.1, 0.15) is 5.01 Å². The minimum Gasteiger partial charge on any atom is -0.493 e. The lowest BCUT2D eigenvalue weighted by atomic mass is 9.96. The number of hydrogen-bond donors (Lipinski definition) is 1. The van der Waals surface area contributed by atoms with Crippen LogP contribution in [0.15, 0.2) is 48.5 Å². The number of anilines is 1. The van der Waals surface area contributed by atoms with Crippen molar-refractivity contribution in [3.05, 3.63) is 54.1 Å². The molecule has 0 spiro atoms. The number of methoxy groups -OCH3 is 3. The van der Waals surface area contributed by atoms with Crippen molar-refractivity contribution in [2.24, 2.45) is 0 Å². The van der Waals surface area contributed by atoms with Crippen molar-refractivity contribution >= 4 is 33.1 Å². The van der Waals surface area contributed by atoms with Crippen LogP contribution < -0.4 is 19.5 Å². The van der Waals surface area contributed by atoms with Crippen molar-refractivity contribution in [1.29, 1.82) is 0 Å². The SMILES string of the molecule is COc1cc(-c2c(NC(C)=O)cccc2-c2nc3ccc(C)cc3s2)cc(OC)c1OC. The van der Waals surface area contributed by atoms with Gasteiger partial charge in [-0.1, -0.05) is 18.2 Å². The van der Waals surface area contributed by atoms with Crippen LogP contribution in [0.25, 0.3) is 31.9 Å². The second-order valence-corrected chi connectivity index (χ2v) is 8.34. The van der Waals surface area contributed by atoms with Crippen LogP contribution in [0, 0.1) is 6.92 Å². The molecule has 7 heteroatoms. The third-order valence-corrected chi connectivity index (χ3v) is 6.15. The molecule has 0 aliphatic carbocycles. The highest BCUT2D eigenvalue weighted by atomic mass is 32.1. The molecule has 1 aromatic heterocycles. The summed E-state index contributed by atoms with van der Waals surface area (Å²) in [4.78, 5) is 16.8. The molecule has 0 saturated heterocycles. The number of carbonyl (C=O) groups is 1. The Morgan fingerprint density at radius 2 is 1.69 bits per heavy atom. The van der Waals surface area contributed by atoms with E-state index in [0.29, 0.717) is 22.9 Å². The van der Waals surface area contributed by atoms with E-state index in [2.05, 4.69) is 24.4 Å². The molecule has 32 heavy (non-hydrogen) atoms. The molecule has 0 radical (unpaired) electrons. The number of aryl methyl sites for hydroxylation is 1. The molecule has 1 amide bonds. The van der Waals surface area contributed by atoms with Gasteiger partial charge < -0.3 is 19.5 Å². The maximum Gasteiger partial charge on any atom is 0.221 e. The second kappa shape index (κ2) is 8.88. The van der Waals surface area contributed by atoms with E-state index >= 15 is 0 Å². The van der Waals surface area contributed by atoms with E-state index in [0.717, 1.165) is 31.9 Å². The monoisotopic (exact) mass is 448 g/mol. The molecule has 0 saturated carbocycles. The van der Waals surface area contributed by atoms with Gasteiger partial charge in [0.2, 0.25) is 11.7 Å². The summed E-state index contributed by atoms with van der Waals surface area (Å²) in [7, 11) is 4.73. The third-order valence-electron chi connectivity index (χ3n) is 5.10. The molecule has 3 aromatic carbocycles. The lowest BCUT2D eigenvalue weighted by Gasteiger charge is -2.18. The molecule has 1 heterocycles. The Hall–Kier alpha value is -3.58. The van der Waals surface area contributed by atoms with Gasteiger partial charge in [-0.25, -0.2) is 4.98 Å². The van der Waals surface area contributed by atoms with E-state index in [9.17, 15) is 4.79 Å². The van der Waals surface area contributed by atoms with Gasteiger partial charge in [0.25, 0.3) is 0 Å². The summed E-state index contributed by atoms with van der Waals surface area (Å²) in [6, 6.07) is 15.8. The Morgan fingerprint density at radius 1 is 0.969 bits per heavy atom. The lowest BCUT2D eigenvalue weighted by Crippen LogP contribution is -2.07. The zero-order chi connectivity index (χ0) is 22.8. The van der Waals surface area contributed by atoms with E-state index in [1.807, 2.05) is 36.4 Å². The topological polar surface area (TPSA) is 69.7 Å². The number of nitrogens with one attached hydrogen (secondary N) is 1. The van der Waals surface area contributed by atoms with Crippen LogP contribution in [0.4, 0.5) is 5.69 Å². The number of thiazole rings is 1. The van der Waals surface area contributed by atoms with Crippen LogP contribution in [-0.4, -0.2) is 32.2 Å².